The maximum Gasteiger partial charge on any atom is 0.137 e. The SMILES string of the molecule is CCC(C)(C)N(C)c1nc(C(C)C)nc(Cl)c1C. The molecule has 4 heteroatoms. The molecule has 102 valence electrons. The molecular weight excluding hydrogens is 246 g/mol. The molecule has 0 N–H and O–H groups in total. The molecule has 0 fully saturated rings. The van der Waals surface area contributed by atoms with Crippen molar-refractivity contribution in [2.75, 3.05) is 11.9 Å². The molecule has 0 unspecified atom stereocenters. The second-order valence-electron chi connectivity index (χ2n) is 5.70. The summed E-state index contributed by atoms with van der Waals surface area (Å²) in [6.45, 7) is 12.7. The molecule has 0 spiro atoms. The van der Waals surface area contributed by atoms with Gasteiger partial charge in [0.2, 0.25) is 0 Å². The van der Waals surface area contributed by atoms with Crippen LogP contribution in [0.15, 0.2) is 0 Å². The third-order valence-corrected chi connectivity index (χ3v) is 4.05. The van der Waals surface area contributed by atoms with E-state index in [-0.39, 0.29) is 11.5 Å². The van der Waals surface area contributed by atoms with Gasteiger partial charge in [-0.2, -0.15) is 0 Å². The number of anilines is 1. The zero-order valence-electron chi connectivity index (χ0n) is 12.5. The van der Waals surface area contributed by atoms with E-state index in [0.29, 0.717) is 5.15 Å². The highest BCUT2D eigenvalue weighted by Crippen LogP contribution is 2.30. The smallest absolute Gasteiger partial charge is 0.137 e. The minimum Gasteiger partial charge on any atom is -0.354 e. The molecule has 0 saturated carbocycles. The predicted octanol–water partition coefficient (Wildman–Crippen LogP) is 4.19. The first-order valence-electron chi connectivity index (χ1n) is 6.48. The Kier molecular flexibility index (Phi) is 4.60. The highest BCUT2D eigenvalue weighted by atomic mass is 35.5. The fraction of sp³-hybridized carbons (Fsp3) is 0.714. The molecule has 0 amide bonds. The zero-order valence-corrected chi connectivity index (χ0v) is 13.3. The van der Waals surface area contributed by atoms with Crippen LogP contribution in [0.5, 0.6) is 0 Å². The van der Waals surface area contributed by atoms with Gasteiger partial charge in [-0.3, -0.25) is 0 Å². The lowest BCUT2D eigenvalue weighted by atomic mass is 9.99. The van der Waals surface area contributed by atoms with Gasteiger partial charge in [-0.1, -0.05) is 32.4 Å². The Morgan fingerprint density at radius 3 is 2.28 bits per heavy atom. The van der Waals surface area contributed by atoms with Crippen LogP contribution in [-0.4, -0.2) is 22.6 Å². The molecule has 0 saturated heterocycles. The van der Waals surface area contributed by atoms with E-state index in [4.69, 9.17) is 11.6 Å². The zero-order chi connectivity index (χ0) is 14.1. The fourth-order valence-corrected chi connectivity index (χ4v) is 1.77. The Hall–Kier alpha value is -0.830. The lowest BCUT2D eigenvalue weighted by molar-refractivity contribution is 0.465. The molecule has 3 nitrogen and oxygen atoms in total. The lowest BCUT2D eigenvalue weighted by Crippen LogP contribution is -2.41. The van der Waals surface area contributed by atoms with Crippen molar-refractivity contribution < 1.29 is 0 Å². The Labute approximate surface area is 116 Å². The second-order valence-corrected chi connectivity index (χ2v) is 6.06. The van der Waals surface area contributed by atoms with Gasteiger partial charge in [-0.25, -0.2) is 9.97 Å². The number of hydrogen-bond acceptors (Lipinski definition) is 3. The summed E-state index contributed by atoms with van der Waals surface area (Å²) in [5, 5.41) is 0.558. The summed E-state index contributed by atoms with van der Waals surface area (Å²) in [6, 6.07) is 0. The highest BCUT2D eigenvalue weighted by Gasteiger charge is 2.25. The number of nitrogens with zero attached hydrogens (tertiary/aromatic N) is 3. The molecule has 0 aliphatic carbocycles. The standard InChI is InChI=1S/C14H24ClN3/c1-8-14(5,6)18(7)13-10(4)11(15)16-12(17-13)9(2)3/h9H,8H2,1-7H3. The van der Waals surface area contributed by atoms with Gasteiger partial charge in [0.25, 0.3) is 0 Å². The first-order valence-corrected chi connectivity index (χ1v) is 6.86. The molecule has 1 heterocycles. The van der Waals surface area contributed by atoms with Crippen LogP contribution < -0.4 is 4.90 Å². The van der Waals surface area contributed by atoms with Crippen molar-refractivity contribution >= 4 is 17.4 Å². The van der Waals surface area contributed by atoms with Crippen LogP contribution in [0.4, 0.5) is 5.82 Å². The van der Waals surface area contributed by atoms with E-state index in [2.05, 4.69) is 56.5 Å². The van der Waals surface area contributed by atoms with Crippen molar-refractivity contribution in [1.29, 1.82) is 0 Å². The van der Waals surface area contributed by atoms with Crippen molar-refractivity contribution in [2.45, 2.75) is 59.4 Å². The van der Waals surface area contributed by atoms with Gasteiger partial charge in [0.1, 0.15) is 16.8 Å². The minimum atomic E-state index is 0.0523. The van der Waals surface area contributed by atoms with E-state index in [1.54, 1.807) is 0 Å². The van der Waals surface area contributed by atoms with E-state index < -0.39 is 0 Å². The Morgan fingerprint density at radius 2 is 1.83 bits per heavy atom. The van der Waals surface area contributed by atoms with Crippen LogP contribution in [-0.2, 0) is 0 Å². The van der Waals surface area contributed by atoms with E-state index in [1.165, 1.54) is 0 Å². The minimum absolute atomic E-state index is 0.0523. The Balaban J connectivity index is 3.31. The topological polar surface area (TPSA) is 29.0 Å². The summed E-state index contributed by atoms with van der Waals surface area (Å²) in [7, 11) is 2.07. The van der Waals surface area contributed by atoms with E-state index in [9.17, 15) is 0 Å². The van der Waals surface area contributed by atoms with Crippen LogP contribution in [0, 0.1) is 6.92 Å². The number of rotatable bonds is 4. The predicted molar refractivity (Wildman–Crippen MR) is 78.6 cm³/mol. The quantitative estimate of drug-likeness (QED) is 0.768. The third kappa shape index (κ3) is 2.94. The van der Waals surface area contributed by atoms with Gasteiger partial charge >= 0.3 is 0 Å². The molecule has 0 radical (unpaired) electrons. The summed E-state index contributed by atoms with van der Waals surface area (Å²) in [5.41, 5.74) is 1.00. The van der Waals surface area contributed by atoms with E-state index in [0.717, 1.165) is 23.6 Å². The number of hydrogen-bond donors (Lipinski definition) is 0. The molecule has 0 aromatic carbocycles. The van der Waals surface area contributed by atoms with Crippen molar-refractivity contribution in [3.63, 3.8) is 0 Å². The van der Waals surface area contributed by atoms with E-state index in [1.807, 2.05) is 6.92 Å². The van der Waals surface area contributed by atoms with Gasteiger partial charge in [0, 0.05) is 24.1 Å². The van der Waals surface area contributed by atoms with E-state index >= 15 is 0 Å². The first-order chi connectivity index (χ1) is 8.20. The maximum absolute atomic E-state index is 6.22. The van der Waals surface area contributed by atoms with Gasteiger partial charge in [-0.05, 0) is 27.2 Å². The van der Waals surface area contributed by atoms with Crippen LogP contribution in [0.2, 0.25) is 5.15 Å². The van der Waals surface area contributed by atoms with Crippen LogP contribution in [0.3, 0.4) is 0 Å². The van der Waals surface area contributed by atoms with Gasteiger partial charge in [0.15, 0.2) is 0 Å². The molecule has 18 heavy (non-hydrogen) atoms. The Bertz CT molecular complexity index is 427. The van der Waals surface area contributed by atoms with Crippen LogP contribution in [0.25, 0.3) is 0 Å². The molecule has 0 bridgehead atoms. The fourth-order valence-electron chi connectivity index (χ4n) is 1.60. The van der Waals surface area contributed by atoms with Gasteiger partial charge in [-0.15, -0.1) is 0 Å². The summed E-state index contributed by atoms with van der Waals surface area (Å²) in [4.78, 5) is 11.2. The molecule has 0 aliphatic rings. The molecule has 0 atom stereocenters. The maximum atomic E-state index is 6.22. The average Bonchev–Trinajstić information content (AvgIpc) is 2.31. The lowest BCUT2D eigenvalue weighted by Gasteiger charge is -2.37. The summed E-state index contributed by atoms with van der Waals surface area (Å²) >= 11 is 6.22. The molecule has 1 rings (SSSR count). The molecule has 1 aromatic rings. The summed E-state index contributed by atoms with van der Waals surface area (Å²) in [6.07, 6.45) is 1.04. The van der Waals surface area contributed by atoms with Gasteiger partial charge in [0.05, 0.1) is 0 Å². The third-order valence-electron chi connectivity index (χ3n) is 3.69. The largest absolute Gasteiger partial charge is 0.354 e. The van der Waals surface area contributed by atoms with Crippen molar-refractivity contribution in [3.8, 4) is 0 Å². The van der Waals surface area contributed by atoms with Gasteiger partial charge < -0.3 is 4.90 Å². The average molecular weight is 270 g/mol. The molecule has 1 aromatic heterocycles. The number of halogens is 1. The van der Waals surface area contributed by atoms with Crippen molar-refractivity contribution in [2.24, 2.45) is 0 Å². The first kappa shape index (κ1) is 15.2. The number of aromatic nitrogens is 2. The van der Waals surface area contributed by atoms with Crippen LogP contribution >= 0.6 is 11.6 Å². The Morgan fingerprint density at radius 1 is 1.28 bits per heavy atom. The normalized spacial score (nSPS) is 12.1. The molecule has 0 aliphatic heterocycles. The second kappa shape index (κ2) is 5.43. The van der Waals surface area contributed by atoms with Crippen molar-refractivity contribution in [3.05, 3.63) is 16.5 Å². The van der Waals surface area contributed by atoms with Crippen LogP contribution in [0.1, 0.15) is 58.3 Å². The van der Waals surface area contributed by atoms with Crippen molar-refractivity contribution in [1.82, 2.24) is 9.97 Å². The summed E-state index contributed by atoms with van der Waals surface area (Å²) in [5.74, 6) is 2.02. The molecular formula is C14H24ClN3. The summed E-state index contributed by atoms with van der Waals surface area (Å²) < 4.78 is 0. The highest BCUT2D eigenvalue weighted by molar-refractivity contribution is 6.30. The monoisotopic (exact) mass is 269 g/mol.